The van der Waals surface area contributed by atoms with Crippen molar-refractivity contribution in [2.24, 2.45) is 0 Å². The SMILES string of the molecule is Cc1ccccc1-c1cc[n+](Cc2ccccc2)cc1COCc1cc(C(F)(F)F)cc(C(F)(F)F)c1.[Br-]. The Kier molecular flexibility index (Phi) is 9.38. The average molecular weight is 596 g/mol. The normalized spacial score (nSPS) is 11.8. The van der Waals surface area contributed by atoms with E-state index in [2.05, 4.69) is 0 Å². The van der Waals surface area contributed by atoms with Gasteiger partial charge in [0.25, 0.3) is 0 Å². The summed E-state index contributed by atoms with van der Waals surface area (Å²) in [6.07, 6.45) is -5.99. The molecule has 0 aliphatic heterocycles. The number of benzene rings is 3. The molecule has 2 nitrogen and oxygen atoms in total. The maximum atomic E-state index is 13.2. The summed E-state index contributed by atoms with van der Waals surface area (Å²) < 4.78 is 86.9. The van der Waals surface area contributed by atoms with Crippen LogP contribution in [0.3, 0.4) is 0 Å². The minimum atomic E-state index is -4.91. The van der Waals surface area contributed by atoms with Crippen LogP contribution in [0.2, 0.25) is 0 Å². The number of hydrogen-bond donors (Lipinski definition) is 0. The lowest BCUT2D eigenvalue weighted by atomic mass is 9.97. The second-order valence-corrected chi connectivity index (χ2v) is 8.76. The van der Waals surface area contributed by atoms with Crippen molar-refractivity contribution in [2.45, 2.75) is 39.0 Å². The Morgan fingerprint density at radius 2 is 1.29 bits per heavy atom. The first-order chi connectivity index (χ1) is 17.5. The van der Waals surface area contributed by atoms with Gasteiger partial charge in [0.05, 0.1) is 24.3 Å². The van der Waals surface area contributed by atoms with E-state index in [0.29, 0.717) is 18.7 Å². The predicted octanol–water partition coefficient (Wildman–Crippen LogP) is 4.76. The molecule has 1 heterocycles. The fraction of sp³-hybridized carbons (Fsp3) is 0.207. The van der Waals surface area contributed by atoms with Gasteiger partial charge in [-0.05, 0) is 47.4 Å². The molecule has 1 aromatic heterocycles. The number of nitrogens with zero attached hydrogens (tertiary/aromatic N) is 1. The molecule has 38 heavy (non-hydrogen) atoms. The lowest BCUT2D eigenvalue weighted by molar-refractivity contribution is -0.688. The van der Waals surface area contributed by atoms with Gasteiger partial charge in [-0.3, -0.25) is 0 Å². The van der Waals surface area contributed by atoms with E-state index in [-0.39, 0.29) is 35.2 Å². The number of aryl methyl sites for hydroxylation is 1. The summed E-state index contributed by atoms with van der Waals surface area (Å²) >= 11 is 0. The first-order valence-corrected chi connectivity index (χ1v) is 11.5. The van der Waals surface area contributed by atoms with Crippen LogP contribution in [0.1, 0.15) is 33.4 Å². The van der Waals surface area contributed by atoms with Gasteiger partial charge < -0.3 is 21.7 Å². The second-order valence-electron chi connectivity index (χ2n) is 8.76. The van der Waals surface area contributed by atoms with E-state index in [4.69, 9.17) is 4.74 Å². The van der Waals surface area contributed by atoms with Gasteiger partial charge in [0.15, 0.2) is 18.9 Å². The second kappa shape index (κ2) is 12.1. The molecule has 9 heteroatoms. The molecule has 0 saturated carbocycles. The number of halogens is 7. The largest absolute Gasteiger partial charge is 1.00 e. The number of ether oxygens (including phenoxy) is 1. The topological polar surface area (TPSA) is 13.1 Å². The third kappa shape index (κ3) is 7.45. The third-order valence-electron chi connectivity index (χ3n) is 5.92. The van der Waals surface area contributed by atoms with E-state index in [1.54, 1.807) is 0 Å². The molecule has 200 valence electrons. The predicted molar refractivity (Wildman–Crippen MR) is 127 cm³/mol. The number of hydrogen-bond acceptors (Lipinski definition) is 1. The summed E-state index contributed by atoms with van der Waals surface area (Å²) in [7, 11) is 0. The highest BCUT2D eigenvalue weighted by molar-refractivity contribution is 5.69. The van der Waals surface area contributed by atoms with Crippen LogP contribution >= 0.6 is 0 Å². The summed E-state index contributed by atoms with van der Waals surface area (Å²) in [6.45, 7) is 2.14. The molecule has 4 rings (SSSR count). The van der Waals surface area contributed by atoms with Crippen LogP contribution in [-0.4, -0.2) is 0 Å². The molecular weight excluding hydrogens is 572 g/mol. The van der Waals surface area contributed by atoms with Crippen molar-refractivity contribution >= 4 is 0 Å². The Morgan fingerprint density at radius 1 is 0.684 bits per heavy atom. The van der Waals surface area contributed by atoms with Crippen molar-refractivity contribution in [1.82, 2.24) is 0 Å². The van der Waals surface area contributed by atoms with Crippen molar-refractivity contribution in [2.75, 3.05) is 0 Å². The summed E-state index contributed by atoms with van der Waals surface area (Å²) in [5, 5.41) is 0. The van der Waals surface area contributed by atoms with Crippen LogP contribution < -0.4 is 21.5 Å². The van der Waals surface area contributed by atoms with Crippen molar-refractivity contribution in [3.05, 3.63) is 125 Å². The Balaban J connectivity index is 0.00000400. The zero-order chi connectivity index (χ0) is 26.6. The first kappa shape index (κ1) is 29.4. The molecule has 4 aromatic rings. The van der Waals surface area contributed by atoms with E-state index in [1.165, 1.54) is 0 Å². The van der Waals surface area contributed by atoms with Crippen LogP contribution in [0.5, 0.6) is 0 Å². The Labute approximate surface area is 227 Å². The third-order valence-corrected chi connectivity index (χ3v) is 5.92. The Morgan fingerprint density at radius 3 is 1.89 bits per heavy atom. The van der Waals surface area contributed by atoms with Gasteiger partial charge >= 0.3 is 12.4 Å². The highest BCUT2D eigenvalue weighted by Crippen LogP contribution is 2.36. The molecule has 0 N–H and O–H groups in total. The van der Waals surface area contributed by atoms with E-state index >= 15 is 0 Å². The van der Waals surface area contributed by atoms with Gasteiger partial charge in [-0.1, -0.05) is 54.6 Å². The molecule has 0 aliphatic rings. The molecule has 0 atom stereocenters. The number of aromatic nitrogens is 1. The minimum absolute atomic E-state index is 0. The average Bonchev–Trinajstić information content (AvgIpc) is 2.84. The summed E-state index contributed by atoms with van der Waals surface area (Å²) in [5.41, 5.74) is 1.78. The lowest BCUT2D eigenvalue weighted by Gasteiger charge is -2.15. The molecule has 0 fully saturated rings. The summed E-state index contributed by atoms with van der Waals surface area (Å²) in [5.74, 6) is 0. The molecule has 0 bridgehead atoms. The minimum Gasteiger partial charge on any atom is -1.00 e. The fourth-order valence-corrected chi connectivity index (χ4v) is 4.12. The molecule has 3 aromatic carbocycles. The van der Waals surface area contributed by atoms with Gasteiger partial charge in [-0.2, -0.15) is 26.3 Å². The molecule has 0 saturated heterocycles. The van der Waals surface area contributed by atoms with Gasteiger partial charge in [0.2, 0.25) is 0 Å². The highest BCUT2D eigenvalue weighted by atomic mass is 79.9. The van der Waals surface area contributed by atoms with E-state index < -0.39 is 30.1 Å². The number of rotatable bonds is 7. The van der Waals surface area contributed by atoms with Crippen LogP contribution in [0, 0.1) is 6.92 Å². The quantitative estimate of drug-likeness (QED) is 0.222. The maximum absolute atomic E-state index is 13.2. The standard InChI is InChI=1S/C29H24F6NO.BrH/c1-20-7-5-6-10-26(20)27-11-12-36(16-21-8-3-2-4-9-21)17-23(27)19-37-18-22-13-24(28(30,31)32)15-25(14-22)29(33,34)35;/h2-15,17H,16,18-19H2,1H3;1H/q+1;/p-1. The van der Waals surface area contributed by atoms with Crippen LogP contribution in [0.15, 0.2) is 91.3 Å². The Hall–Kier alpha value is -3.17. The van der Waals surface area contributed by atoms with Crippen molar-refractivity contribution in [1.29, 1.82) is 0 Å². The van der Waals surface area contributed by atoms with Crippen LogP contribution in [0.25, 0.3) is 11.1 Å². The smallest absolute Gasteiger partial charge is 0.416 e. The van der Waals surface area contributed by atoms with Gasteiger partial charge in [-0.15, -0.1) is 0 Å². The van der Waals surface area contributed by atoms with E-state index in [0.717, 1.165) is 27.8 Å². The zero-order valence-corrected chi connectivity index (χ0v) is 21.9. The van der Waals surface area contributed by atoms with Gasteiger partial charge in [0.1, 0.15) is 0 Å². The number of alkyl halides is 6. The molecular formula is C29H24BrF6NO. The van der Waals surface area contributed by atoms with Gasteiger partial charge in [0, 0.05) is 17.2 Å². The van der Waals surface area contributed by atoms with Crippen molar-refractivity contribution in [3.8, 4) is 11.1 Å². The summed E-state index contributed by atoms with van der Waals surface area (Å²) in [6, 6.07) is 21.0. The molecule has 0 aliphatic carbocycles. The monoisotopic (exact) mass is 595 g/mol. The Bertz CT molecular complexity index is 1340. The number of pyridine rings is 1. The lowest BCUT2D eigenvalue weighted by Crippen LogP contribution is -3.00. The van der Waals surface area contributed by atoms with E-state index in [9.17, 15) is 26.3 Å². The molecule has 0 unspecified atom stereocenters. The summed E-state index contributed by atoms with van der Waals surface area (Å²) in [4.78, 5) is 0. The fourth-order valence-electron chi connectivity index (χ4n) is 4.12. The van der Waals surface area contributed by atoms with Crippen molar-refractivity contribution in [3.63, 3.8) is 0 Å². The highest BCUT2D eigenvalue weighted by Gasteiger charge is 2.36. The molecule has 0 spiro atoms. The molecule has 0 amide bonds. The van der Waals surface area contributed by atoms with E-state index in [1.807, 2.05) is 84.5 Å². The van der Waals surface area contributed by atoms with Gasteiger partial charge in [-0.25, -0.2) is 4.57 Å². The molecule has 0 radical (unpaired) electrons. The first-order valence-electron chi connectivity index (χ1n) is 11.5. The zero-order valence-electron chi connectivity index (χ0n) is 20.3. The maximum Gasteiger partial charge on any atom is 0.416 e. The van der Waals surface area contributed by atoms with Crippen LogP contribution in [-0.2, 0) is 36.8 Å². The van der Waals surface area contributed by atoms with Crippen molar-refractivity contribution < 1.29 is 52.6 Å². The van der Waals surface area contributed by atoms with Crippen LogP contribution in [0.4, 0.5) is 26.3 Å².